The van der Waals surface area contributed by atoms with Crippen molar-refractivity contribution in [1.82, 2.24) is 0 Å². The van der Waals surface area contributed by atoms with Crippen LogP contribution < -0.4 is 5.32 Å². The van der Waals surface area contributed by atoms with Crippen LogP contribution in [0, 0.1) is 12.7 Å². The molecule has 3 nitrogen and oxygen atoms in total. The molecule has 0 saturated heterocycles. The zero-order chi connectivity index (χ0) is 18.0. The number of furan rings is 1. The molecule has 0 aliphatic rings. The lowest BCUT2D eigenvalue weighted by Gasteiger charge is -2.06. The number of carbonyl (C=O) groups excluding carboxylic acids is 1. The average molecular weight is 365 g/mol. The van der Waals surface area contributed by atoms with Gasteiger partial charge in [-0.15, -0.1) is 0 Å². The minimum Gasteiger partial charge on any atom is -0.453 e. The minimum atomic E-state index is -2.47. The molecule has 0 fully saturated rings. The maximum atomic E-state index is 13.3. The van der Waals surface area contributed by atoms with E-state index in [4.69, 9.17) is 4.42 Å². The molecule has 7 heteroatoms. The van der Waals surface area contributed by atoms with Crippen molar-refractivity contribution in [2.24, 2.45) is 0 Å². The second kappa shape index (κ2) is 7.23. The van der Waals surface area contributed by atoms with E-state index in [9.17, 15) is 18.0 Å². The molecule has 1 N–H and O–H groups in total. The summed E-state index contributed by atoms with van der Waals surface area (Å²) in [6.45, 7) is 1.68. The van der Waals surface area contributed by atoms with Crippen LogP contribution in [-0.4, -0.2) is 18.1 Å². The van der Waals surface area contributed by atoms with E-state index in [-0.39, 0.29) is 18.1 Å². The van der Waals surface area contributed by atoms with Crippen LogP contribution in [0.2, 0.25) is 0 Å². The standard InChI is InChI=1S/C18H14F3NO2S/c1-10-14-8-11(19)2-7-16(14)24-17(10)15(23)9-22-12-3-5-13(6-4-12)25-18(20)21/h2-8,18,22H,9H2,1H3. The Balaban J connectivity index is 1.69. The van der Waals surface area contributed by atoms with Gasteiger partial charge in [0.15, 0.2) is 5.76 Å². The highest BCUT2D eigenvalue weighted by molar-refractivity contribution is 7.99. The van der Waals surface area contributed by atoms with Crippen molar-refractivity contribution >= 4 is 34.2 Å². The van der Waals surface area contributed by atoms with E-state index >= 15 is 0 Å². The fourth-order valence-electron chi connectivity index (χ4n) is 2.48. The largest absolute Gasteiger partial charge is 0.453 e. The number of fused-ring (bicyclic) bond motifs is 1. The molecule has 0 atom stereocenters. The summed E-state index contributed by atoms with van der Waals surface area (Å²) < 4.78 is 43.4. The number of alkyl halides is 2. The number of hydrogen-bond donors (Lipinski definition) is 1. The number of Topliss-reactive ketones (excluding diaryl/α,β-unsaturated/α-hetero) is 1. The first-order valence-corrected chi connectivity index (χ1v) is 8.32. The number of aryl methyl sites for hydroxylation is 1. The number of rotatable bonds is 6. The Morgan fingerprint density at radius 3 is 2.60 bits per heavy atom. The molecule has 0 radical (unpaired) electrons. The number of thioether (sulfide) groups is 1. The molecule has 130 valence electrons. The number of anilines is 1. The topological polar surface area (TPSA) is 42.2 Å². The molecule has 0 bridgehead atoms. The van der Waals surface area contributed by atoms with E-state index in [1.807, 2.05) is 0 Å². The smallest absolute Gasteiger partial charge is 0.288 e. The van der Waals surface area contributed by atoms with Gasteiger partial charge in [-0.05, 0) is 49.4 Å². The summed E-state index contributed by atoms with van der Waals surface area (Å²) in [5.41, 5.74) is 1.67. The van der Waals surface area contributed by atoms with Crippen LogP contribution in [-0.2, 0) is 0 Å². The number of benzene rings is 2. The minimum absolute atomic E-state index is 0.0233. The van der Waals surface area contributed by atoms with Crippen LogP contribution in [0.4, 0.5) is 18.9 Å². The van der Waals surface area contributed by atoms with E-state index in [1.165, 1.54) is 18.2 Å². The number of halogens is 3. The fraction of sp³-hybridized carbons (Fsp3) is 0.167. The van der Waals surface area contributed by atoms with Gasteiger partial charge >= 0.3 is 0 Å². The van der Waals surface area contributed by atoms with Crippen molar-refractivity contribution in [2.45, 2.75) is 17.6 Å². The normalized spacial score (nSPS) is 11.2. The zero-order valence-corrected chi connectivity index (χ0v) is 14.0. The highest BCUT2D eigenvalue weighted by atomic mass is 32.2. The van der Waals surface area contributed by atoms with Crippen LogP contribution in [0.3, 0.4) is 0 Å². The van der Waals surface area contributed by atoms with Gasteiger partial charge in [0.05, 0.1) is 6.54 Å². The number of nitrogens with one attached hydrogen (secondary N) is 1. The van der Waals surface area contributed by atoms with Gasteiger partial charge in [0.1, 0.15) is 11.4 Å². The van der Waals surface area contributed by atoms with Gasteiger partial charge in [-0.2, -0.15) is 8.78 Å². The van der Waals surface area contributed by atoms with E-state index < -0.39 is 11.6 Å². The summed E-state index contributed by atoms with van der Waals surface area (Å²) in [7, 11) is 0. The Kier molecular flexibility index (Phi) is 5.03. The van der Waals surface area contributed by atoms with Crippen LogP contribution >= 0.6 is 11.8 Å². The fourth-order valence-corrected chi connectivity index (χ4v) is 2.97. The Morgan fingerprint density at radius 1 is 1.20 bits per heavy atom. The van der Waals surface area contributed by atoms with Crippen molar-refractivity contribution in [1.29, 1.82) is 0 Å². The first-order valence-electron chi connectivity index (χ1n) is 7.44. The Bertz CT molecular complexity index is 907. The maximum absolute atomic E-state index is 13.3. The summed E-state index contributed by atoms with van der Waals surface area (Å²) in [6, 6.07) is 10.4. The van der Waals surface area contributed by atoms with Crippen LogP contribution in [0.5, 0.6) is 0 Å². The van der Waals surface area contributed by atoms with Crippen molar-refractivity contribution in [3.8, 4) is 0 Å². The summed E-state index contributed by atoms with van der Waals surface area (Å²) >= 11 is 0.460. The molecule has 3 aromatic rings. The Labute approximate surface area is 146 Å². The molecule has 0 amide bonds. The lowest BCUT2D eigenvalue weighted by Crippen LogP contribution is -2.14. The highest BCUT2D eigenvalue weighted by Gasteiger charge is 2.17. The third-order valence-electron chi connectivity index (χ3n) is 3.68. The average Bonchev–Trinajstić information content (AvgIpc) is 2.90. The van der Waals surface area contributed by atoms with Crippen molar-refractivity contribution in [3.05, 3.63) is 59.6 Å². The van der Waals surface area contributed by atoms with E-state index in [1.54, 1.807) is 31.2 Å². The first kappa shape index (κ1) is 17.4. The molecule has 0 spiro atoms. The predicted molar refractivity (Wildman–Crippen MR) is 92.0 cm³/mol. The molecule has 1 aromatic heterocycles. The summed E-state index contributed by atoms with van der Waals surface area (Å²) in [4.78, 5) is 12.8. The summed E-state index contributed by atoms with van der Waals surface area (Å²) in [6.07, 6.45) is 0. The van der Waals surface area contributed by atoms with Gasteiger partial charge < -0.3 is 9.73 Å². The molecule has 0 unspecified atom stereocenters. The third-order valence-corrected chi connectivity index (χ3v) is 4.41. The third kappa shape index (κ3) is 3.99. The molecule has 2 aromatic carbocycles. The second-order valence-corrected chi connectivity index (χ2v) is 6.44. The lowest BCUT2D eigenvalue weighted by atomic mass is 10.1. The Hall–Kier alpha value is -2.41. The van der Waals surface area contributed by atoms with E-state index in [2.05, 4.69) is 5.32 Å². The lowest BCUT2D eigenvalue weighted by molar-refractivity contribution is 0.0981. The molecule has 0 aliphatic heterocycles. The number of hydrogen-bond acceptors (Lipinski definition) is 4. The highest BCUT2D eigenvalue weighted by Crippen LogP contribution is 2.27. The molecular weight excluding hydrogens is 351 g/mol. The number of ketones is 1. The molecule has 3 rings (SSSR count). The predicted octanol–water partition coefficient (Wildman–Crippen LogP) is 5.49. The summed E-state index contributed by atoms with van der Waals surface area (Å²) in [5, 5.41) is 3.49. The quantitative estimate of drug-likeness (QED) is 0.463. The zero-order valence-electron chi connectivity index (χ0n) is 13.2. The van der Waals surface area contributed by atoms with Crippen LogP contribution in [0.25, 0.3) is 11.0 Å². The summed E-state index contributed by atoms with van der Waals surface area (Å²) in [5.74, 6) is -2.96. The van der Waals surface area contributed by atoms with Gasteiger partial charge in [0.2, 0.25) is 5.78 Å². The van der Waals surface area contributed by atoms with Crippen molar-refractivity contribution < 1.29 is 22.4 Å². The van der Waals surface area contributed by atoms with Crippen molar-refractivity contribution in [2.75, 3.05) is 11.9 Å². The molecule has 0 aliphatic carbocycles. The monoisotopic (exact) mass is 365 g/mol. The molecular formula is C18H14F3NO2S. The van der Waals surface area contributed by atoms with Crippen LogP contribution in [0.1, 0.15) is 16.1 Å². The van der Waals surface area contributed by atoms with Gasteiger partial charge in [-0.1, -0.05) is 11.8 Å². The van der Waals surface area contributed by atoms with Gasteiger partial charge in [0, 0.05) is 21.5 Å². The van der Waals surface area contributed by atoms with Gasteiger partial charge in [0.25, 0.3) is 5.76 Å². The molecule has 25 heavy (non-hydrogen) atoms. The van der Waals surface area contributed by atoms with Crippen LogP contribution in [0.15, 0.2) is 51.8 Å². The van der Waals surface area contributed by atoms with E-state index in [0.29, 0.717) is 38.9 Å². The first-order chi connectivity index (χ1) is 11.9. The van der Waals surface area contributed by atoms with Gasteiger partial charge in [-0.25, -0.2) is 4.39 Å². The van der Waals surface area contributed by atoms with Gasteiger partial charge in [-0.3, -0.25) is 4.79 Å². The van der Waals surface area contributed by atoms with E-state index in [0.717, 1.165) is 0 Å². The Morgan fingerprint density at radius 2 is 1.92 bits per heavy atom. The van der Waals surface area contributed by atoms with Crippen molar-refractivity contribution in [3.63, 3.8) is 0 Å². The second-order valence-electron chi connectivity index (χ2n) is 5.38. The molecule has 1 heterocycles. The maximum Gasteiger partial charge on any atom is 0.288 e. The number of carbonyl (C=O) groups is 1. The SMILES string of the molecule is Cc1c(C(=O)CNc2ccc(SC(F)F)cc2)oc2ccc(F)cc12. The molecule has 0 saturated carbocycles.